The number of esters is 1. The van der Waals surface area contributed by atoms with Gasteiger partial charge in [-0.3, -0.25) is 9.89 Å². The van der Waals surface area contributed by atoms with E-state index >= 15 is 0 Å². The first-order chi connectivity index (χ1) is 18.3. The molecule has 38 heavy (non-hydrogen) atoms. The molecule has 10 nitrogen and oxygen atoms in total. The molecule has 0 atom stereocenters. The van der Waals surface area contributed by atoms with E-state index in [4.69, 9.17) is 9.15 Å². The van der Waals surface area contributed by atoms with E-state index in [2.05, 4.69) is 42.3 Å². The molecule has 0 amide bonds. The lowest BCUT2D eigenvalue weighted by molar-refractivity contribution is -0.138. The van der Waals surface area contributed by atoms with Gasteiger partial charge >= 0.3 is 5.97 Å². The maximum absolute atomic E-state index is 12.6. The number of rotatable bonds is 6. The standard InChI is InChI=1S/C23H23N5O3.C5H10O2/c1-2-30-23(29)20-21(15-6-8-16(9-7-15)28-12-10-24-11-13-28)31-22(26-20)17-4-3-5-19-18(17)14-25-27-19;1-5(2,3)7-4-6/h3-9,14,24H,2,10-13H2,1H3,(H,25,27);4H,1-3H3. The summed E-state index contributed by atoms with van der Waals surface area (Å²) in [6.45, 7) is 11.8. The van der Waals surface area contributed by atoms with Gasteiger partial charge in [-0.1, -0.05) is 6.07 Å². The maximum Gasteiger partial charge on any atom is 0.361 e. The Hall–Kier alpha value is -4.18. The molecule has 1 aliphatic heterocycles. The van der Waals surface area contributed by atoms with Crippen molar-refractivity contribution in [1.82, 2.24) is 20.5 Å². The fourth-order valence-corrected chi connectivity index (χ4v) is 4.01. The Morgan fingerprint density at radius 1 is 1.13 bits per heavy atom. The molecule has 5 rings (SSSR count). The van der Waals surface area contributed by atoms with E-state index in [9.17, 15) is 9.59 Å². The van der Waals surface area contributed by atoms with E-state index in [1.165, 1.54) is 0 Å². The molecule has 0 aliphatic carbocycles. The summed E-state index contributed by atoms with van der Waals surface area (Å²) in [6, 6.07) is 13.7. The topological polar surface area (TPSA) is 123 Å². The molecule has 0 spiro atoms. The minimum Gasteiger partial charge on any atom is -0.462 e. The first-order valence-corrected chi connectivity index (χ1v) is 12.6. The number of aromatic amines is 1. The smallest absolute Gasteiger partial charge is 0.361 e. The zero-order valence-corrected chi connectivity index (χ0v) is 22.1. The molecule has 10 heteroatoms. The highest BCUT2D eigenvalue weighted by Crippen LogP contribution is 2.34. The Bertz CT molecular complexity index is 1360. The van der Waals surface area contributed by atoms with Crippen molar-refractivity contribution in [2.45, 2.75) is 33.3 Å². The van der Waals surface area contributed by atoms with Crippen LogP contribution in [0.2, 0.25) is 0 Å². The predicted molar refractivity (Wildman–Crippen MR) is 145 cm³/mol. The van der Waals surface area contributed by atoms with E-state index in [1.54, 1.807) is 13.1 Å². The van der Waals surface area contributed by atoms with E-state index in [-0.39, 0.29) is 17.9 Å². The highest BCUT2D eigenvalue weighted by Gasteiger charge is 2.24. The lowest BCUT2D eigenvalue weighted by atomic mass is 10.1. The van der Waals surface area contributed by atoms with E-state index < -0.39 is 5.97 Å². The summed E-state index contributed by atoms with van der Waals surface area (Å²) in [4.78, 5) is 29.1. The largest absolute Gasteiger partial charge is 0.462 e. The second-order valence-corrected chi connectivity index (χ2v) is 9.66. The number of piperazine rings is 1. The number of carbonyl (C=O) groups excluding carboxylic acids is 2. The summed E-state index contributed by atoms with van der Waals surface area (Å²) in [6.07, 6.45) is 1.72. The second kappa shape index (κ2) is 11.9. The van der Waals surface area contributed by atoms with Crippen LogP contribution in [0.3, 0.4) is 0 Å². The highest BCUT2D eigenvalue weighted by molar-refractivity contribution is 5.97. The first kappa shape index (κ1) is 26.9. The van der Waals surface area contributed by atoms with Crippen molar-refractivity contribution in [2.24, 2.45) is 0 Å². The first-order valence-electron chi connectivity index (χ1n) is 12.6. The molecule has 4 aromatic rings. The van der Waals surface area contributed by atoms with Crippen molar-refractivity contribution >= 4 is 29.0 Å². The van der Waals surface area contributed by atoms with Gasteiger partial charge in [-0.2, -0.15) is 5.10 Å². The van der Waals surface area contributed by atoms with Gasteiger partial charge in [-0.25, -0.2) is 9.78 Å². The van der Waals surface area contributed by atoms with Crippen molar-refractivity contribution in [1.29, 1.82) is 0 Å². The second-order valence-electron chi connectivity index (χ2n) is 9.66. The molecular weight excluding hydrogens is 486 g/mol. The van der Waals surface area contributed by atoms with Gasteiger partial charge in [0.25, 0.3) is 6.47 Å². The van der Waals surface area contributed by atoms with Crippen LogP contribution < -0.4 is 10.2 Å². The van der Waals surface area contributed by atoms with Crippen LogP contribution in [0.5, 0.6) is 0 Å². The average molecular weight is 520 g/mol. The Kier molecular flexibility index (Phi) is 8.42. The Morgan fingerprint density at radius 3 is 2.50 bits per heavy atom. The Labute approximate surface area is 221 Å². The number of carbonyl (C=O) groups is 2. The van der Waals surface area contributed by atoms with Gasteiger partial charge < -0.3 is 24.1 Å². The molecule has 3 heterocycles. The normalized spacial score (nSPS) is 13.5. The number of hydrogen-bond acceptors (Lipinski definition) is 9. The number of aromatic nitrogens is 3. The lowest BCUT2D eigenvalue weighted by Gasteiger charge is -2.29. The zero-order valence-electron chi connectivity index (χ0n) is 22.1. The van der Waals surface area contributed by atoms with E-state index in [0.29, 0.717) is 18.1 Å². The third-order valence-corrected chi connectivity index (χ3v) is 5.82. The third kappa shape index (κ3) is 6.38. The maximum atomic E-state index is 12.6. The number of nitrogens with one attached hydrogen (secondary N) is 2. The van der Waals surface area contributed by atoms with Gasteiger partial charge in [0.1, 0.15) is 5.60 Å². The lowest BCUT2D eigenvalue weighted by Crippen LogP contribution is -2.43. The Balaban J connectivity index is 0.000000426. The molecule has 2 aromatic carbocycles. The van der Waals surface area contributed by atoms with Crippen LogP contribution in [-0.4, -0.2) is 66.0 Å². The summed E-state index contributed by atoms with van der Waals surface area (Å²) in [5.41, 5.74) is 3.41. The summed E-state index contributed by atoms with van der Waals surface area (Å²) in [5.74, 6) is 0.259. The van der Waals surface area contributed by atoms with Crippen molar-refractivity contribution in [3.8, 4) is 22.8 Å². The number of hydrogen-bond donors (Lipinski definition) is 2. The molecule has 200 valence electrons. The van der Waals surface area contributed by atoms with Gasteiger partial charge in [0.05, 0.1) is 18.3 Å². The van der Waals surface area contributed by atoms with Crippen molar-refractivity contribution in [3.05, 3.63) is 54.4 Å². The number of anilines is 1. The molecule has 0 saturated carbocycles. The molecule has 0 unspecified atom stereocenters. The van der Waals surface area contributed by atoms with E-state index in [0.717, 1.165) is 53.9 Å². The average Bonchev–Trinajstić information content (AvgIpc) is 3.57. The van der Waals surface area contributed by atoms with Crippen LogP contribution in [0.1, 0.15) is 38.2 Å². The van der Waals surface area contributed by atoms with Crippen LogP contribution in [0.25, 0.3) is 33.7 Å². The van der Waals surface area contributed by atoms with Gasteiger partial charge in [-0.15, -0.1) is 0 Å². The number of nitrogens with zero attached hydrogens (tertiary/aromatic N) is 3. The molecule has 1 aliphatic rings. The van der Waals surface area contributed by atoms with Gasteiger partial charge in [0.15, 0.2) is 11.5 Å². The van der Waals surface area contributed by atoms with Gasteiger partial charge in [0.2, 0.25) is 5.89 Å². The quantitative estimate of drug-likeness (QED) is 0.281. The Morgan fingerprint density at radius 2 is 1.87 bits per heavy atom. The SMILES string of the molecule is CC(C)(C)OC=O.CCOC(=O)c1nc(-c2cccc3[nH]ncc23)oc1-c1ccc(N2CCNCC2)cc1. The summed E-state index contributed by atoms with van der Waals surface area (Å²) in [7, 11) is 0. The summed E-state index contributed by atoms with van der Waals surface area (Å²) < 4.78 is 15.9. The van der Waals surface area contributed by atoms with Crippen molar-refractivity contribution in [2.75, 3.05) is 37.7 Å². The highest BCUT2D eigenvalue weighted by atomic mass is 16.5. The fraction of sp³-hybridized carbons (Fsp3) is 0.357. The van der Waals surface area contributed by atoms with Crippen LogP contribution in [0.15, 0.2) is 53.1 Å². The predicted octanol–water partition coefficient (Wildman–Crippen LogP) is 4.43. The van der Waals surface area contributed by atoms with Gasteiger partial charge in [-0.05, 0) is 64.1 Å². The number of benzene rings is 2. The molecule has 0 radical (unpaired) electrons. The summed E-state index contributed by atoms with van der Waals surface area (Å²) >= 11 is 0. The van der Waals surface area contributed by atoms with Crippen LogP contribution in [0.4, 0.5) is 5.69 Å². The molecule has 1 fully saturated rings. The molecule has 0 bridgehead atoms. The number of fused-ring (bicyclic) bond motifs is 1. The minimum atomic E-state index is -0.502. The van der Waals surface area contributed by atoms with Crippen LogP contribution >= 0.6 is 0 Å². The molecule has 1 saturated heterocycles. The van der Waals surface area contributed by atoms with E-state index in [1.807, 2.05) is 51.1 Å². The van der Waals surface area contributed by atoms with Gasteiger partial charge in [0, 0.05) is 48.4 Å². The molecular formula is C28H33N5O5. The third-order valence-electron chi connectivity index (χ3n) is 5.82. The number of ether oxygens (including phenoxy) is 2. The summed E-state index contributed by atoms with van der Waals surface area (Å²) in [5, 5.41) is 11.3. The number of H-pyrrole nitrogens is 1. The van der Waals surface area contributed by atoms with Crippen molar-refractivity contribution in [3.63, 3.8) is 0 Å². The van der Waals surface area contributed by atoms with Crippen LogP contribution in [-0.2, 0) is 14.3 Å². The van der Waals surface area contributed by atoms with Crippen LogP contribution in [0, 0.1) is 0 Å². The molecule has 2 aromatic heterocycles. The number of oxazole rings is 1. The minimum absolute atomic E-state index is 0.173. The molecule has 2 N–H and O–H groups in total. The monoisotopic (exact) mass is 519 g/mol. The zero-order chi connectivity index (χ0) is 27.1. The van der Waals surface area contributed by atoms with Crippen molar-refractivity contribution < 1.29 is 23.5 Å². The fourth-order valence-electron chi connectivity index (χ4n) is 4.01.